The quantitative estimate of drug-likeness (QED) is 0.856. The first-order valence-electron chi connectivity index (χ1n) is 5.81. The van der Waals surface area contributed by atoms with Gasteiger partial charge in [0.2, 0.25) is 0 Å². The first kappa shape index (κ1) is 17.8. The summed E-state index contributed by atoms with van der Waals surface area (Å²) in [5, 5.41) is 9.96. The van der Waals surface area contributed by atoms with Crippen LogP contribution in [0, 0.1) is 11.7 Å². The maximum Gasteiger partial charge on any atom is 0.129 e. The van der Waals surface area contributed by atoms with E-state index in [2.05, 4.69) is 29.8 Å². The van der Waals surface area contributed by atoms with E-state index in [9.17, 15) is 9.50 Å². The Kier molecular flexibility index (Phi) is 8.03. The van der Waals surface area contributed by atoms with E-state index in [0.717, 1.165) is 6.42 Å². The number of rotatable bonds is 5. The molecule has 0 amide bonds. The normalized spacial score (nSPS) is 14.2. The average molecular weight is 341 g/mol. The molecule has 2 nitrogen and oxygen atoms in total. The summed E-state index contributed by atoms with van der Waals surface area (Å²) in [6, 6.07) is 4.00. The summed E-state index contributed by atoms with van der Waals surface area (Å²) in [6.45, 7) is 4.16. The minimum absolute atomic E-state index is 0. The van der Waals surface area contributed by atoms with E-state index in [4.69, 9.17) is 5.73 Å². The molecule has 1 rings (SSSR count). The Labute approximate surface area is 122 Å². The van der Waals surface area contributed by atoms with Crippen LogP contribution < -0.4 is 5.73 Å². The third-order valence-corrected chi connectivity index (χ3v) is 3.48. The molecule has 0 aliphatic heterocycles. The lowest BCUT2D eigenvalue weighted by Crippen LogP contribution is -2.27. The second-order valence-corrected chi connectivity index (χ2v) is 5.55. The van der Waals surface area contributed by atoms with Gasteiger partial charge in [0.1, 0.15) is 5.82 Å². The Morgan fingerprint density at radius 3 is 2.44 bits per heavy atom. The molecule has 0 saturated carbocycles. The van der Waals surface area contributed by atoms with E-state index in [1.54, 1.807) is 12.1 Å². The number of hydrogen-bond acceptors (Lipinski definition) is 2. The molecule has 104 valence electrons. The van der Waals surface area contributed by atoms with Crippen molar-refractivity contribution in [3.05, 3.63) is 34.1 Å². The van der Waals surface area contributed by atoms with Crippen molar-refractivity contribution in [1.29, 1.82) is 0 Å². The molecule has 1 aromatic rings. The molecule has 5 heteroatoms. The number of hydrogen-bond donors (Lipinski definition) is 2. The highest BCUT2D eigenvalue weighted by Crippen LogP contribution is 2.28. The molecular formula is C13H20BrClFNO. The van der Waals surface area contributed by atoms with Crippen LogP contribution in [-0.2, 0) is 0 Å². The van der Waals surface area contributed by atoms with Gasteiger partial charge < -0.3 is 10.8 Å². The van der Waals surface area contributed by atoms with Crippen LogP contribution in [0.15, 0.2) is 22.7 Å². The third kappa shape index (κ3) is 4.84. The highest BCUT2D eigenvalue weighted by atomic mass is 79.9. The van der Waals surface area contributed by atoms with Crippen molar-refractivity contribution >= 4 is 28.3 Å². The van der Waals surface area contributed by atoms with Crippen LogP contribution in [0.25, 0.3) is 0 Å². The zero-order chi connectivity index (χ0) is 13.0. The van der Waals surface area contributed by atoms with Crippen molar-refractivity contribution in [2.45, 2.75) is 38.8 Å². The molecule has 0 saturated heterocycles. The van der Waals surface area contributed by atoms with Crippen LogP contribution in [0.1, 0.15) is 38.3 Å². The number of halogens is 3. The maximum absolute atomic E-state index is 13.6. The topological polar surface area (TPSA) is 46.2 Å². The summed E-state index contributed by atoms with van der Waals surface area (Å²) in [7, 11) is 0. The highest BCUT2D eigenvalue weighted by molar-refractivity contribution is 9.10. The monoisotopic (exact) mass is 339 g/mol. The van der Waals surface area contributed by atoms with E-state index < -0.39 is 12.1 Å². The van der Waals surface area contributed by atoms with Crippen molar-refractivity contribution in [2.75, 3.05) is 0 Å². The molecule has 0 fully saturated rings. The highest BCUT2D eigenvalue weighted by Gasteiger charge is 2.22. The molecule has 3 N–H and O–H groups in total. The third-order valence-electron chi connectivity index (χ3n) is 2.79. The lowest BCUT2D eigenvalue weighted by Gasteiger charge is -2.21. The van der Waals surface area contributed by atoms with Gasteiger partial charge in [0.25, 0.3) is 0 Å². The first-order valence-corrected chi connectivity index (χ1v) is 6.60. The molecule has 0 unspecified atom stereocenters. The zero-order valence-corrected chi connectivity index (χ0v) is 13.0. The second kappa shape index (κ2) is 8.10. The molecule has 1 aromatic carbocycles. The molecule has 0 heterocycles. The van der Waals surface area contributed by atoms with Gasteiger partial charge in [0.05, 0.1) is 12.1 Å². The molecule has 0 spiro atoms. The van der Waals surface area contributed by atoms with Gasteiger partial charge in [-0.1, -0.05) is 35.8 Å². The summed E-state index contributed by atoms with van der Waals surface area (Å²) in [5.74, 6) is 0.122. The lowest BCUT2D eigenvalue weighted by molar-refractivity contribution is 0.126. The molecule has 2 atom stereocenters. The van der Waals surface area contributed by atoms with Crippen molar-refractivity contribution in [3.8, 4) is 0 Å². The summed E-state index contributed by atoms with van der Waals surface area (Å²) in [6.07, 6.45) is 0.742. The fraction of sp³-hybridized carbons (Fsp3) is 0.538. The van der Waals surface area contributed by atoms with Crippen LogP contribution in [0.5, 0.6) is 0 Å². The minimum Gasteiger partial charge on any atom is -0.391 e. The Hall–Kier alpha value is -0.160. The molecule has 0 bridgehead atoms. The molecule has 0 aromatic heterocycles. The summed E-state index contributed by atoms with van der Waals surface area (Å²) in [5.41, 5.74) is 6.26. The smallest absolute Gasteiger partial charge is 0.129 e. The van der Waals surface area contributed by atoms with Crippen molar-refractivity contribution < 1.29 is 9.50 Å². The number of aliphatic hydroxyl groups is 1. The summed E-state index contributed by atoms with van der Waals surface area (Å²) < 4.78 is 14.2. The number of aliphatic hydroxyl groups excluding tert-OH is 1. The van der Waals surface area contributed by atoms with Gasteiger partial charge in [-0.15, -0.1) is 12.4 Å². The first-order chi connectivity index (χ1) is 7.93. The molecular weight excluding hydrogens is 321 g/mol. The van der Waals surface area contributed by atoms with E-state index in [-0.39, 0.29) is 18.2 Å². The summed E-state index contributed by atoms with van der Waals surface area (Å²) >= 11 is 3.26. The second-order valence-electron chi connectivity index (χ2n) is 4.70. The van der Waals surface area contributed by atoms with E-state index in [1.165, 1.54) is 6.07 Å². The van der Waals surface area contributed by atoms with Crippen molar-refractivity contribution in [3.63, 3.8) is 0 Å². The Balaban J connectivity index is 0.00000289. The molecule has 0 aliphatic carbocycles. The van der Waals surface area contributed by atoms with Gasteiger partial charge in [-0.2, -0.15) is 0 Å². The van der Waals surface area contributed by atoms with E-state index >= 15 is 0 Å². The van der Waals surface area contributed by atoms with E-state index in [1.807, 2.05) is 0 Å². The van der Waals surface area contributed by atoms with E-state index in [0.29, 0.717) is 22.4 Å². The van der Waals surface area contributed by atoms with Gasteiger partial charge in [-0.3, -0.25) is 0 Å². The molecule has 0 aliphatic rings. The van der Waals surface area contributed by atoms with Crippen LogP contribution in [-0.4, -0.2) is 11.2 Å². The zero-order valence-electron chi connectivity index (χ0n) is 10.6. The van der Waals surface area contributed by atoms with Gasteiger partial charge in [0, 0.05) is 10.0 Å². The van der Waals surface area contributed by atoms with Crippen LogP contribution in [0.4, 0.5) is 4.39 Å². The number of benzene rings is 1. The minimum atomic E-state index is -0.717. The Bertz CT molecular complexity index is 356. The average Bonchev–Trinajstić information content (AvgIpc) is 2.25. The predicted octanol–water partition coefficient (Wildman–Crippen LogP) is 3.81. The van der Waals surface area contributed by atoms with Gasteiger partial charge in [0.15, 0.2) is 0 Å². The predicted molar refractivity (Wildman–Crippen MR) is 78.4 cm³/mol. The lowest BCUT2D eigenvalue weighted by atomic mass is 9.96. The number of nitrogens with two attached hydrogens (primary N) is 1. The maximum atomic E-state index is 13.6. The van der Waals surface area contributed by atoms with Crippen molar-refractivity contribution in [2.24, 2.45) is 11.7 Å². The van der Waals surface area contributed by atoms with Gasteiger partial charge >= 0.3 is 0 Å². The largest absolute Gasteiger partial charge is 0.391 e. The SMILES string of the molecule is CC(C)CC[C@@H](O)[C@@H](N)c1c(F)cccc1Br.Cl. The van der Waals surface area contributed by atoms with Crippen LogP contribution in [0.2, 0.25) is 0 Å². The molecule has 0 radical (unpaired) electrons. The summed E-state index contributed by atoms with van der Waals surface area (Å²) in [4.78, 5) is 0. The van der Waals surface area contributed by atoms with Crippen LogP contribution in [0.3, 0.4) is 0 Å². The Morgan fingerprint density at radius 1 is 1.33 bits per heavy atom. The Morgan fingerprint density at radius 2 is 1.94 bits per heavy atom. The van der Waals surface area contributed by atoms with Gasteiger partial charge in [-0.25, -0.2) is 4.39 Å². The standard InChI is InChI=1S/C13H19BrFNO.ClH/c1-8(2)6-7-11(17)13(16)12-9(14)4-3-5-10(12)15;/h3-5,8,11,13,17H,6-7,16H2,1-2H3;1H/t11-,13-;/m1./s1. The fourth-order valence-corrected chi connectivity index (χ4v) is 2.31. The molecule has 18 heavy (non-hydrogen) atoms. The van der Waals surface area contributed by atoms with Crippen LogP contribution >= 0.6 is 28.3 Å². The van der Waals surface area contributed by atoms with Crippen molar-refractivity contribution in [1.82, 2.24) is 0 Å². The van der Waals surface area contributed by atoms with Gasteiger partial charge in [-0.05, 0) is 30.9 Å². The fourth-order valence-electron chi connectivity index (χ4n) is 1.71.